The number of nitrogens with one attached hydrogen (secondary N) is 1. The molecule has 1 rings (SSSR count). The average Bonchev–Trinajstić information content (AvgIpc) is 2.81. The Balaban J connectivity index is 2.28. The minimum atomic E-state index is -0.559. The molecule has 0 aromatic carbocycles. The maximum atomic E-state index is 11.3. The number of amides is 1. The van der Waals surface area contributed by atoms with E-state index in [9.17, 15) is 4.79 Å². The molecule has 17 heavy (non-hydrogen) atoms. The normalized spacial score (nSPS) is 20.7. The molecule has 0 radical (unpaired) electrons. The molecule has 1 amide bonds. The van der Waals surface area contributed by atoms with Crippen molar-refractivity contribution in [3.05, 3.63) is 0 Å². The lowest BCUT2D eigenvalue weighted by Crippen LogP contribution is -2.51. The minimum Gasteiger partial charge on any atom is -0.368 e. The van der Waals surface area contributed by atoms with Gasteiger partial charge in [0.25, 0.3) is 0 Å². The van der Waals surface area contributed by atoms with Gasteiger partial charge in [-0.2, -0.15) is 0 Å². The first-order chi connectivity index (χ1) is 7.99. The number of primary amides is 1. The first-order valence-corrected chi connectivity index (χ1v) is 6.68. The van der Waals surface area contributed by atoms with E-state index in [2.05, 4.69) is 17.3 Å². The lowest BCUT2D eigenvalue weighted by molar-refractivity contribution is -0.123. The molecule has 0 saturated heterocycles. The number of hydrogen-bond acceptors (Lipinski definition) is 3. The highest BCUT2D eigenvalue weighted by atomic mass is 16.1. The maximum absolute atomic E-state index is 11.3. The van der Waals surface area contributed by atoms with Crippen LogP contribution >= 0.6 is 0 Å². The molecule has 1 unspecified atom stereocenters. The minimum absolute atomic E-state index is 0.261. The summed E-state index contributed by atoms with van der Waals surface area (Å²) < 4.78 is 0. The van der Waals surface area contributed by atoms with Crippen molar-refractivity contribution in [3.63, 3.8) is 0 Å². The van der Waals surface area contributed by atoms with Gasteiger partial charge in [0.05, 0.1) is 5.54 Å². The van der Waals surface area contributed by atoms with Gasteiger partial charge in [-0.15, -0.1) is 0 Å². The molecule has 100 valence electrons. The Morgan fingerprint density at radius 1 is 1.47 bits per heavy atom. The first-order valence-electron chi connectivity index (χ1n) is 6.68. The van der Waals surface area contributed by atoms with Crippen LogP contribution in [0, 0.1) is 0 Å². The van der Waals surface area contributed by atoms with Crippen molar-refractivity contribution in [2.24, 2.45) is 5.73 Å². The molecular weight excluding hydrogens is 214 g/mol. The second kappa shape index (κ2) is 6.36. The van der Waals surface area contributed by atoms with Crippen LogP contribution in [0.25, 0.3) is 0 Å². The Kier molecular flexibility index (Phi) is 5.40. The number of nitrogens with zero attached hydrogens (tertiary/aromatic N) is 1. The van der Waals surface area contributed by atoms with Crippen LogP contribution in [0.5, 0.6) is 0 Å². The van der Waals surface area contributed by atoms with Crippen molar-refractivity contribution in [2.45, 2.75) is 57.0 Å². The lowest BCUT2D eigenvalue weighted by atomic mass is 9.95. The Morgan fingerprint density at radius 2 is 2.06 bits per heavy atom. The van der Waals surface area contributed by atoms with Crippen molar-refractivity contribution >= 4 is 5.91 Å². The third kappa shape index (κ3) is 3.96. The van der Waals surface area contributed by atoms with Gasteiger partial charge in [-0.05, 0) is 53.2 Å². The zero-order chi connectivity index (χ0) is 12.9. The third-order valence-electron chi connectivity index (χ3n) is 4.23. The average molecular weight is 241 g/mol. The van der Waals surface area contributed by atoms with Crippen LogP contribution in [-0.4, -0.2) is 43.0 Å². The smallest absolute Gasteiger partial charge is 0.237 e. The number of carbonyl (C=O) groups is 1. The van der Waals surface area contributed by atoms with Gasteiger partial charge >= 0.3 is 0 Å². The summed E-state index contributed by atoms with van der Waals surface area (Å²) in [6.07, 6.45) is 7.20. The SMILES string of the molecule is CNC(C)(CCCN(C)C1CCCC1)C(N)=O. The molecule has 1 aliphatic carbocycles. The monoisotopic (exact) mass is 241 g/mol. The van der Waals surface area contributed by atoms with E-state index in [1.807, 2.05) is 6.92 Å². The second-order valence-corrected chi connectivity index (χ2v) is 5.47. The molecule has 0 heterocycles. The number of rotatable bonds is 7. The van der Waals surface area contributed by atoms with Gasteiger partial charge in [0, 0.05) is 6.04 Å². The van der Waals surface area contributed by atoms with Crippen molar-refractivity contribution in [1.29, 1.82) is 0 Å². The van der Waals surface area contributed by atoms with E-state index >= 15 is 0 Å². The van der Waals surface area contributed by atoms with Crippen molar-refractivity contribution < 1.29 is 4.79 Å². The van der Waals surface area contributed by atoms with Crippen molar-refractivity contribution in [2.75, 3.05) is 20.6 Å². The summed E-state index contributed by atoms with van der Waals surface area (Å²) in [5.41, 5.74) is 4.85. The van der Waals surface area contributed by atoms with Gasteiger partial charge in [0.15, 0.2) is 0 Å². The van der Waals surface area contributed by atoms with E-state index in [0.29, 0.717) is 0 Å². The number of hydrogen-bond donors (Lipinski definition) is 2. The summed E-state index contributed by atoms with van der Waals surface area (Å²) >= 11 is 0. The fourth-order valence-electron chi connectivity index (χ4n) is 2.58. The topological polar surface area (TPSA) is 58.4 Å². The van der Waals surface area contributed by atoms with Crippen LogP contribution in [0.15, 0.2) is 0 Å². The fourth-order valence-corrected chi connectivity index (χ4v) is 2.58. The standard InChI is InChI=1S/C13H27N3O/c1-13(15-2,12(14)17)9-6-10-16(3)11-7-4-5-8-11/h11,15H,4-10H2,1-3H3,(H2,14,17). The molecular formula is C13H27N3O. The van der Waals surface area contributed by atoms with E-state index in [1.54, 1.807) is 7.05 Å². The molecule has 0 aromatic heterocycles. The predicted molar refractivity (Wildman–Crippen MR) is 70.8 cm³/mol. The summed E-state index contributed by atoms with van der Waals surface area (Å²) in [5, 5.41) is 3.03. The molecule has 0 bridgehead atoms. The Bertz CT molecular complexity index is 251. The zero-order valence-corrected chi connectivity index (χ0v) is 11.5. The van der Waals surface area contributed by atoms with E-state index in [1.165, 1.54) is 25.7 Å². The van der Waals surface area contributed by atoms with Gasteiger partial charge in [-0.3, -0.25) is 4.79 Å². The molecule has 0 spiro atoms. The Labute approximate surface area is 105 Å². The number of likely N-dealkylation sites (N-methyl/N-ethyl adjacent to an activating group) is 1. The summed E-state index contributed by atoms with van der Waals surface area (Å²) in [6.45, 7) is 2.93. The van der Waals surface area contributed by atoms with E-state index in [4.69, 9.17) is 5.73 Å². The molecule has 1 atom stereocenters. The Morgan fingerprint density at radius 3 is 2.53 bits per heavy atom. The molecule has 0 aliphatic heterocycles. The summed E-state index contributed by atoms with van der Waals surface area (Å²) in [7, 11) is 3.99. The van der Waals surface area contributed by atoms with Crippen LogP contribution in [0.2, 0.25) is 0 Å². The van der Waals surface area contributed by atoms with Crippen LogP contribution in [0.4, 0.5) is 0 Å². The van der Waals surface area contributed by atoms with Gasteiger partial charge in [-0.1, -0.05) is 12.8 Å². The third-order valence-corrected chi connectivity index (χ3v) is 4.23. The van der Waals surface area contributed by atoms with Crippen molar-refractivity contribution in [3.8, 4) is 0 Å². The molecule has 4 heteroatoms. The molecule has 4 nitrogen and oxygen atoms in total. The highest BCUT2D eigenvalue weighted by molar-refractivity contribution is 5.84. The van der Waals surface area contributed by atoms with E-state index in [0.717, 1.165) is 25.4 Å². The molecule has 1 fully saturated rings. The van der Waals surface area contributed by atoms with Crippen molar-refractivity contribution in [1.82, 2.24) is 10.2 Å². The van der Waals surface area contributed by atoms with Crippen LogP contribution in [-0.2, 0) is 4.79 Å². The summed E-state index contributed by atoms with van der Waals surface area (Å²) in [4.78, 5) is 13.8. The van der Waals surface area contributed by atoms with Gasteiger partial charge < -0.3 is 16.0 Å². The number of nitrogens with two attached hydrogens (primary N) is 1. The number of carbonyl (C=O) groups excluding carboxylic acids is 1. The predicted octanol–water partition coefficient (Wildman–Crippen LogP) is 1.10. The summed E-state index contributed by atoms with van der Waals surface area (Å²) in [6, 6.07) is 0.754. The maximum Gasteiger partial charge on any atom is 0.237 e. The van der Waals surface area contributed by atoms with Gasteiger partial charge in [0.2, 0.25) is 5.91 Å². The van der Waals surface area contributed by atoms with Gasteiger partial charge in [-0.25, -0.2) is 0 Å². The van der Waals surface area contributed by atoms with Crippen LogP contribution in [0.3, 0.4) is 0 Å². The molecule has 3 N–H and O–H groups in total. The lowest BCUT2D eigenvalue weighted by Gasteiger charge is -2.28. The quantitative estimate of drug-likeness (QED) is 0.702. The van der Waals surface area contributed by atoms with E-state index in [-0.39, 0.29) is 5.91 Å². The fraction of sp³-hybridized carbons (Fsp3) is 0.923. The first kappa shape index (κ1) is 14.5. The zero-order valence-electron chi connectivity index (χ0n) is 11.5. The molecule has 0 aromatic rings. The highest BCUT2D eigenvalue weighted by Gasteiger charge is 2.28. The highest BCUT2D eigenvalue weighted by Crippen LogP contribution is 2.23. The second-order valence-electron chi connectivity index (χ2n) is 5.47. The molecule has 1 aliphatic rings. The Hall–Kier alpha value is -0.610. The largest absolute Gasteiger partial charge is 0.368 e. The van der Waals surface area contributed by atoms with Crippen LogP contribution < -0.4 is 11.1 Å². The molecule has 1 saturated carbocycles. The van der Waals surface area contributed by atoms with Gasteiger partial charge in [0.1, 0.15) is 0 Å². The van der Waals surface area contributed by atoms with E-state index < -0.39 is 5.54 Å². The summed E-state index contributed by atoms with van der Waals surface area (Å²) in [5.74, 6) is -0.261. The van der Waals surface area contributed by atoms with Crippen LogP contribution in [0.1, 0.15) is 45.4 Å².